The monoisotopic (exact) mass is 219 g/mol. The maximum atomic E-state index is 5.80. The van der Waals surface area contributed by atoms with Crippen molar-refractivity contribution in [2.24, 2.45) is 5.73 Å². The summed E-state index contributed by atoms with van der Waals surface area (Å²) in [4.78, 5) is 6.75. The Hall–Kier alpha value is -1.09. The first kappa shape index (κ1) is 11.4. The van der Waals surface area contributed by atoms with Crippen LogP contribution in [0.15, 0.2) is 18.5 Å². The molecule has 2 heterocycles. The first-order chi connectivity index (χ1) is 7.77. The van der Waals surface area contributed by atoms with Gasteiger partial charge in [0.2, 0.25) is 0 Å². The predicted octanol–water partition coefficient (Wildman–Crippen LogP) is 2.31. The summed E-state index contributed by atoms with van der Waals surface area (Å²) in [6.07, 6.45) is 7.55. The normalized spacial score (nSPS) is 25.1. The second-order valence-corrected chi connectivity index (χ2v) is 4.60. The zero-order chi connectivity index (χ0) is 11.5. The van der Waals surface area contributed by atoms with Crippen molar-refractivity contribution in [1.29, 1.82) is 0 Å². The third-order valence-electron chi connectivity index (χ3n) is 3.64. The smallest absolute Gasteiger partial charge is 0.0603 e. The lowest BCUT2D eigenvalue weighted by molar-refractivity contribution is 0.624. The van der Waals surface area contributed by atoms with Crippen molar-refractivity contribution in [2.75, 3.05) is 4.90 Å². The Bertz CT molecular complexity index is 351. The largest absolute Gasteiger partial charge is 0.364 e. The molecule has 1 aliphatic heterocycles. The summed E-state index contributed by atoms with van der Waals surface area (Å²) >= 11 is 0. The molecule has 0 aromatic carbocycles. The number of pyridine rings is 1. The van der Waals surface area contributed by atoms with Crippen LogP contribution in [0.25, 0.3) is 0 Å². The van der Waals surface area contributed by atoms with E-state index in [0.29, 0.717) is 18.6 Å². The van der Waals surface area contributed by atoms with E-state index in [2.05, 4.69) is 23.7 Å². The highest BCUT2D eigenvalue weighted by molar-refractivity contribution is 5.54. The number of nitrogens with zero attached hydrogens (tertiary/aromatic N) is 2. The topological polar surface area (TPSA) is 42.2 Å². The molecular formula is C13H21N3. The minimum absolute atomic E-state index is 0.595. The number of nitrogens with two attached hydrogens (primary N) is 1. The maximum absolute atomic E-state index is 5.80. The zero-order valence-electron chi connectivity index (χ0n) is 10.2. The molecule has 0 spiro atoms. The average molecular weight is 219 g/mol. The van der Waals surface area contributed by atoms with Gasteiger partial charge in [0.15, 0.2) is 0 Å². The summed E-state index contributed by atoms with van der Waals surface area (Å²) in [6.45, 7) is 5.15. The van der Waals surface area contributed by atoms with E-state index in [9.17, 15) is 0 Å². The van der Waals surface area contributed by atoms with Crippen LogP contribution in [0.1, 0.15) is 38.7 Å². The van der Waals surface area contributed by atoms with Gasteiger partial charge in [-0.05, 0) is 37.8 Å². The molecule has 1 fully saturated rings. The van der Waals surface area contributed by atoms with Gasteiger partial charge in [-0.3, -0.25) is 4.98 Å². The molecule has 0 saturated carbocycles. The molecule has 0 radical (unpaired) electrons. The van der Waals surface area contributed by atoms with Gasteiger partial charge in [-0.2, -0.15) is 0 Å². The van der Waals surface area contributed by atoms with Crippen molar-refractivity contribution >= 4 is 5.69 Å². The zero-order valence-corrected chi connectivity index (χ0v) is 10.2. The molecule has 16 heavy (non-hydrogen) atoms. The summed E-state index contributed by atoms with van der Waals surface area (Å²) in [7, 11) is 0. The fraction of sp³-hybridized carbons (Fsp3) is 0.615. The molecule has 2 atom stereocenters. The van der Waals surface area contributed by atoms with Crippen molar-refractivity contribution in [1.82, 2.24) is 4.98 Å². The molecule has 0 bridgehead atoms. The van der Waals surface area contributed by atoms with E-state index in [0.717, 1.165) is 0 Å². The molecule has 1 aromatic heterocycles. The van der Waals surface area contributed by atoms with E-state index in [1.807, 2.05) is 18.5 Å². The quantitative estimate of drug-likeness (QED) is 0.848. The van der Waals surface area contributed by atoms with Gasteiger partial charge in [0.25, 0.3) is 0 Å². The Labute approximate surface area is 97.7 Å². The molecule has 3 heteroatoms. The van der Waals surface area contributed by atoms with Crippen LogP contribution in [-0.2, 0) is 6.54 Å². The third-order valence-corrected chi connectivity index (χ3v) is 3.64. The third kappa shape index (κ3) is 1.92. The molecule has 2 rings (SSSR count). The van der Waals surface area contributed by atoms with E-state index in [1.54, 1.807) is 0 Å². The van der Waals surface area contributed by atoms with Crippen LogP contribution < -0.4 is 10.6 Å². The lowest BCUT2D eigenvalue weighted by atomic mass is 10.1. The summed E-state index contributed by atoms with van der Waals surface area (Å²) < 4.78 is 0. The SMILES string of the molecule is CCC1CCC(C)N1c1cnccc1CN. The van der Waals surface area contributed by atoms with Gasteiger partial charge in [0.05, 0.1) is 11.9 Å². The molecule has 1 saturated heterocycles. The fourth-order valence-electron chi connectivity index (χ4n) is 2.73. The van der Waals surface area contributed by atoms with Gasteiger partial charge in [-0.15, -0.1) is 0 Å². The highest BCUT2D eigenvalue weighted by Gasteiger charge is 2.30. The number of hydrogen-bond donors (Lipinski definition) is 1. The van der Waals surface area contributed by atoms with Gasteiger partial charge >= 0.3 is 0 Å². The Morgan fingerprint density at radius 3 is 3.00 bits per heavy atom. The number of hydrogen-bond acceptors (Lipinski definition) is 3. The average Bonchev–Trinajstić information content (AvgIpc) is 2.70. The van der Waals surface area contributed by atoms with Crippen LogP contribution in [0.2, 0.25) is 0 Å². The van der Waals surface area contributed by atoms with Gasteiger partial charge in [0, 0.05) is 24.8 Å². The first-order valence-electron chi connectivity index (χ1n) is 6.19. The molecule has 2 unspecified atom stereocenters. The van der Waals surface area contributed by atoms with E-state index in [4.69, 9.17) is 5.73 Å². The van der Waals surface area contributed by atoms with Gasteiger partial charge in [0.1, 0.15) is 0 Å². The van der Waals surface area contributed by atoms with Crippen LogP contribution >= 0.6 is 0 Å². The highest BCUT2D eigenvalue weighted by atomic mass is 15.2. The van der Waals surface area contributed by atoms with Gasteiger partial charge in [-0.1, -0.05) is 6.92 Å². The van der Waals surface area contributed by atoms with Crippen LogP contribution in [0, 0.1) is 0 Å². The van der Waals surface area contributed by atoms with Crippen molar-refractivity contribution in [2.45, 2.75) is 51.7 Å². The van der Waals surface area contributed by atoms with Crippen LogP contribution in [-0.4, -0.2) is 17.1 Å². The lowest BCUT2D eigenvalue weighted by Gasteiger charge is -2.31. The second kappa shape index (κ2) is 4.83. The number of anilines is 1. The minimum atomic E-state index is 0.595. The lowest BCUT2D eigenvalue weighted by Crippen LogP contribution is -2.35. The number of rotatable bonds is 3. The number of aromatic nitrogens is 1. The summed E-state index contributed by atoms with van der Waals surface area (Å²) in [6, 6.07) is 3.30. The Morgan fingerprint density at radius 2 is 2.31 bits per heavy atom. The second-order valence-electron chi connectivity index (χ2n) is 4.60. The minimum Gasteiger partial charge on any atom is -0.364 e. The fourth-order valence-corrected chi connectivity index (χ4v) is 2.73. The molecule has 0 amide bonds. The molecular weight excluding hydrogens is 198 g/mol. The van der Waals surface area contributed by atoms with Crippen LogP contribution in [0.4, 0.5) is 5.69 Å². The van der Waals surface area contributed by atoms with Crippen molar-refractivity contribution < 1.29 is 0 Å². The van der Waals surface area contributed by atoms with Crippen molar-refractivity contribution in [3.8, 4) is 0 Å². The summed E-state index contributed by atoms with van der Waals surface area (Å²) in [5.41, 5.74) is 8.24. The standard InChI is InChI=1S/C13H21N3/c1-3-12-5-4-10(2)16(12)13-9-15-7-6-11(13)8-14/h6-7,9-10,12H,3-5,8,14H2,1-2H3. The Morgan fingerprint density at radius 1 is 1.50 bits per heavy atom. The first-order valence-corrected chi connectivity index (χ1v) is 6.19. The Kier molecular flexibility index (Phi) is 3.44. The van der Waals surface area contributed by atoms with Gasteiger partial charge < -0.3 is 10.6 Å². The van der Waals surface area contributed by atoms with E-state index in [1.165, 1.54) is 30.5 Å². The Balaban J connectivity index is 2.34. The molecule has 3 nitrogen and oxygen atoms in total. The summed E-state index contributed by atoms with van der Waals surface area (Å²) in [5.74, 6) is 0. The maximum Gasteiger partial charge on any atom is 0.0603 e. The molecule has 2 N–H and O–H groups in total. The van der Waals surface area contributed by atoms with Crippen molar-refractivity contribution in [3.05, 3.63) is 24.0 Å². The van der Waals surface area contributed by atoms with E-state index in [-0.39, 0.29) is 0 Å². The van der Waals surface area contributed by atoms with Crippen LogP contribution in [0.5, 0.6) is 0 Å². The van der Waals surface area contributed by atoms with Crippen LogP contribution in [0.3, 0.4) is 0 Å². The van der Waals surface area contributed by atoms with Gasteiger partial charge in [-0.25, -0.2) is 0 Å². The molecule has 1 aromatic rings. The molecule has 0 aliphatic carbocycles. The molecule has 1 aliphatic rings. The van der Waals surface area contributed by atoms with Crippen molar-refractivity contribution in [3.63, 3.8) is 0 Å². The van der Waals surface area contributed by atoms with E-state index >= 15 is 0 Å². The molecule has 88 valence electrons. The predicted molar refractivity (Wildman–Crippen MR) is 67.4 cm³/mol. The summed E-state index contributed by atoms with van der Waals surface area (Å²) in [5, 5.41) is 0. The highest BCUT2D eigenvalue weighted by Crippen LogP contribution is 2.33. The van der Waals surface area contributed by atoms with E-state index < -0.39 is 0 Å².